The number of piperidine rings is 1. The smallest absolute Gasteiger partial charge is 0.0642 e. The Hall–Kier alpha value is -2.15. The summed E-state index contributed by atoms with van der Waals surface area (Å²) < 4.78 is 5.51. The van der Waals surface area contributed by atoms with Crippen molar-refractivity contribution >= 4 is 11.4 Å². The molecule has 2 aromatic rings. The molecular weight excluding hydrogens is 398 g/mol. The molecule has 0 aliphatic carbocycles. The zero-order valence-corrected chi connectivity index (χ0v) is 19.7. The Bertz CT molecular complexity index is 828. The SMILES string of the molecule is Cc1ccncc1CN(c1ccc(N2CCOCC2)cc1)C1CCN(C(C)CCN)CC1. The van der Waals surface area contributed by atoms with E-state index in [1.807, 2.05) is 12.4 Å². The second-order valence-electron chi connectivity index (χ2n) is 9.24. The van der Waals surface area contributed by atoms with Crippen molar-refractivity contribution in [3.8, 4) is 0 Å². The van der Waals surface area contributed by atoms with Gasteiger partial charge in [-0.25, -0.2) is 0 Å². The van der Waals surface area contributed by atoms with Crippen molar-refractivity contribution in [3.63, 3.8) is 0 Å². The first-order chi connectivity index (χ1) is 15.7. The molecule has 1 unspecified atom stereocenters. The highest BCUT2D eigenvalue weighted by Crippen LogP contribution is 2.29. The van der Waals surface area contributed by atoms with E-state index in [4.69, 9.17) is 10.5 Å². The van der Waals surface area contributed by atoms with Crippen LogP contribution in [0.5, 0.6) is 0 Å². The molecule has 1 aromatic heterocycles. The lowest BCUT2D eigenvalue weighted by Crippen LogP contribution is -2.47. The van der Waals surface area contributed by atoms with Gasteiger partial charge in [0.25, 0.3) is 0 Å². The molecule has 6 nitrogen and oxygen atoms in total. The zero-order chi connectivity index (χ0) is 22.3. The van der Waals surface area contributed by atoms with Crippen LogP contribution in [0.3, 0.4) is 0 Å². The zero-order valence-electron chi connectivity index (χ0n) is 19.7. The molecular formula is C26H39N5O. The van der Waals surface area contributed by atoms with E-state index < -0.39 is 0 Å². The van der Waals surface area contributed by atoms with Crippen molar-refractivity contribution in [1.82, 2.24) is 9.88 Å². The number of aryl methyl sites for hydroxylation is 1. The average molecular weight is 438 g/mol. The van der Waals surface area contributed by atoms with E-state index in [-0.39, 0.29) is 0 Å². The van der Waals surface area contributed by atoms with E-state index >= 15 is 0 Å². The van der Waals surface area contributed by atoms with Crippen molar-refractivity contribution in [3.05, 3.63) is 53.9 Å². The number of likely N-dealkylation sites (tertiary alicyclic amines) is 1. The summed E-state index contributed by atoms with van der Waals surface area (Å²) in [5.41, 5.74) is 11.0. The first-order valence-electron chi connectivity index (χ1n) is 12.2. The molecule has 3 heterocycles. The van der Waals surface area contributed by atoms with Crippen LogP contribution >= 0.6 is 0 Å². The molecule has 2 fully saturated rings. The average Bonchev–Trinajstić information content (AvgIpc) is 2.85. The number of morpholine rings is 1. The fraction of sp³-hybridized carbons (Fsp3) is 0.577. The summed E-state index contributed by atoms with van der Waals surface area (Å²) in [4.78, 5) is 12.0. The number of hydrogen-bond donors (Lipinski definition) is 1. The van der Waals surface area contributed by atoms with Crippen molar-refractivity contribution in [2.24, 2.45) is 5.73 Å². The van der Waals surface area contributed by atoms with E-state index in [0.29, 0.717) is 12.1 Å². The molecule has 2 aliphatic rings. The molecule has 0 spiro atoms. The van der Waals surface area contributed by atoms with E-state index in [2.05, 4.69) is 63.9 Å². The molecule has 1 atom stereocenters. The summed E-state index contributed by atoms with van der Waals surface area (Å²) in [5.74, 6) is 0. The van der Waals surface area contributed by atoms with Gasteiger partial charge < -0.3 is 25.2 Å². The molecule has 2 aliphatic heterocycles. The molecule has 4 rings (SSSR count). The lowest BCUT2D eigenvalue weighted by molar-refractivity contribution is 0.122. The lowest BCUT2D eigenvalue weighted by atomic mass is 9.99. The van der Waals surface area contributed by atoms with E-state index in [0.717, 1.165) is 58.9 Å². The lowest BCUT2D eigenvalue weighted by Gasteiger charge is -2.42. The molecule has 32 heavy (non-hydrogen) atoms. The standard InChI is InChI=1S/C26H39N5O/c1-21-8-12-28-19-23(21)20-31(26-9-13-29(14-10-26)22(2)7-11-27)25-5-3-24(4-6-25)30-15-17-32-18-16-30/h3-6,8,12,19,22,26H,7,9-11,13-18,20,27H2,1-2H3. The van der Waals surface area contributed by atoms with Crippen molar-refractivity contribution in [2.75, 3.05) is 55.7 Å². The highest BCUT2D eigenvalue weighted by Gasteiger charge is 2.27. The van der Waals surface area contributed by atoms with Crippen LogP contribution in [0.15, 0.2) is 42.7 Å². The Morgan fingerprint density at radius 1 is 1.09 bits per heavy atom. The molecule has 0 bridgehead atoms. The third kappa shape index (κ3) is 5.61. The van der Waals surface area contributed by atoms with Gasteiger partial charge in [-0.1, -0.05) is 0 Å². The molecule has 174 valence electrons. The van der Waals surface area contributed by atoms with E-state index in [1.165, 1.54) is 35.3 Å². The summed E-state index contributed by atoms with van der Waals surface area (Å²) in [6.07, 6.45) is 7.35. The number of aromatic nitrogens is 1. The minimum Gasteiger partial charge on any atom is -0.378 e. The fourth-order valence-electron chi connectivity index (χ4n) is 5.02. The van der Waals surface area contributed by atoms with E-state index in [1.54, 1.807) is 0 Å². The first kappa shape index (κ1) is 23.0. The van der Waals surface area contributed by atoms with Gasteiger partial charge in [0.05, 0.1) is 13.2 Å². The number of pyridine rings is 1. The summed E-state index contributed by atoms with van der Waals surface area (Å²) in [6.45, 7) is 12.0. The van der Waals surface area contributed by atoms with Gasteiger partial charge in [0.15, 0.2) is 0 Å². The Morgan fingerprint density at radius 3 is 2.47 bits per heavy atom. The van der Waals surface area contributed by atoms with Gasteiger partial charge >= 0.3 is 0 Å². The van der Waals surface area contributed by atoms with Crippen LogP contribution in [0.1, 0.15) is 37.3 Å². The fourth-order valence-corrected chi connectivity index (χ4v) is 5.02. The molecule has 0 saturated carbocycles. The van der Waals surface area contributed by atoms with Gasteiger partial charge in [-0.15, -0.1) is 0 Å². The predicted octanol–water partition coefficient (Wildman–Crippen LogP) is 3.43. The van der Waals surface area contributed by atoms with Gasteiger partial charge in [0.2, 0.25) is 0 Å². The van der Waals surface area contributed by atoms with Gasteiger partial charge in [-0.05, 0) is 81.1 Å². The van der Waals surface area contributed by atoms with Gasteiger partial charge in [0, 0.05) is 68.6 Å². The molecule has 6 heteroatoms. The maximum absolute atomic E-state index is 5.80. The van der Waals surface area contributed by atoms with Crippen LogP contribution in [0.2, 0.25) is 0 Å². The van der Waals surface area contributed by atoms with Crippen LogP contribution in [0.4, 0.5) is 11.4 Å². The molecule has 0 radical (unpaired) electrons. The number of rotatable bonds is 8. The topological polar surface area (TPSA) is 57.9 Å². The van der Waals surface area contributed by atoms with Crippen LogP contribution < -0.4 is 15.5 Å². The molecule has 2 saturated heterocycles. The minimum atomic E-state index is 0.533. The maximum atomic E-state index is 5.80. The summed E-state index contributed by atoms with van der Waals surface area (Å²) in [7, 11) is 0. The van der Waals surface area contributed by atoms with E-state index in [9.17, 15) is 0 Å². The summed E-state index contributed by atoms with van der Waals surface area (Å²) >= 11 is 0. The number of ether oxygens (including phenoxy) is 1. The molecule has 2 N–H and O–H groups in total. The Balaban J connectivity index is 1.51. The van der Waals surface area contributed by atoms with Crippen molar-refractivity contribution in [1.29, 1.82) is 0 Å². The maximum Gasteiger partial charge on any atom is 0.0642 e. The quantitative estimate of drug-likeness (QED) is 0.683. The number of anilines is 2. The third-order valence-electron chi connectivity index (χ3n) is 7.19. The van der Waals surface area contributed by atoms with Gasteiger partial charge in [0.1, 0.15) is 0 Å². The Morgan fingerprint density at radius 2 is 1.81 bits per heavy atom. The normalized spacial score (nSPS) is 19.2. The second kappa shape index (κ2) is 11.1. The largest absolute Gasteiger partial charge is 0.378 e. The van der Waals surface area contributed by atoms with Crippen LogP contribution in [-0.2, 0) is 11.3 Å². The minimum absolute atomic E-state index is 0.533. The second-order valence-corrected chi connectivity index (χ2v) is 9.24. The monoisotopic (exact) mass is 437 g/mol. The molecule has 0 amide bonds. The number of nitrogens with zero attached hydrogens (tertiary/aromatic N) is 4. The number of hydrogen-bond acceptors (Lipinski definition) is 6. The van der Waals surface area contributed by atoms with Crippen LogP contribution in [-0.4, -0.2) is 67.9 Å². The number of benzene rings is 1. The Kier molecular flexibility index (Phi) is 8.00. The van der Waals surface area contributed by atoms with Gasteiger partial charge in [-0.2, -0.15) is 0 Å². The Labute approximate surface area is 193 Å². The highest BCUT2D eigenvalue weighted by atomic mass is 16.5. The molecule has 1 aromatic carbocycles. The van der Waals surface area contributed by atoms with Crippen LogP contribution in [0.25, 0.3) is 0 Å². The van der Waals surface area contributed by atoms with Crippen molar-refractivity contribution < 1.29 is 4.74 Å². The summed E-state index contributed by atoms with van der Waals surface area (Å²) in [5, 5.41) is 0. The highest BCUT2D eigenvalue weighted by molar-refractivity contribution is 5.57. The van der Waals surface area contributed by atoms with Gasteiger partial charge in [-0.3, -0.25) is 4.98 Å². The first-order valence-corrected chi connectivity index (χ1v) is 12.2. The predicted molar refractivity (Wildman–Crippen MR) is 132 cm³/mol. The van der Waals surface area contributed by atoms with Crippen molar-refractivity contribution in [2.45, 2.75) is 51.7 Å². The third-order valence-corrected chi connectivity index (χ3v) is 7.19. The summed E-state index contributed by atoms with van der Waals surface area (Å²) in [6, 6.07) is 12.4. The van der Waals surface area contributed by atoms with Crippen LogP contribution in [0, 0.1) is 6.92 Å². The number of nitrogens with two attached hydrogens (primary N) is 1.